The highest BCUT2D eigenvalue weighted by molar-refractivity contribution is 5.89. The van der Waals surface area contributed by atoms with E-state index in [0.29, 0.717) is 29.3 Å². The largest absolute Gasteiger partial charge is 0.478 e. The summed E-state index contributed by atoms with van der Waals surface area (Å²) < 4.78 is 5.22. The van der Waals surface area contributed by atoms with Crippen molar-refractivity contribution in [3.05, 3.63) is 58.1 Å². The van der Waals surface area contributed by atoms with Crippen LogP contribution in [0.1, 0.15) is 30.6 Å². The van der Waals surface area contributed by atoms with Crippen LogP contribution in [0.15, 0.2) is 47.0 Å². The van der Waals surface area contributed by atoms with Crippen LogP contribution < -0.4 is 5.32 Å². The molecular formula is C20H20N4O5. The summed E-state index contributed by atoms with van der Waals surface area (Å²) in [6.45, 7) is 4.79. The molecule has 0 bridgehead atoms. The molecule has 0 amide bonds. The van der Waals surface area contributed by atoms with Crippen LogP contribution >= 0.6 is 0 Å². The Morgan fingerprint density at radius 3 is 2.72 bits per heavy atom. The SMILES string of the molecule is CC(C)CCNc1ccc(-c2noc(-c3cccc(C(=O)O)c3)n2)cc1[N+](=O)[O-]. The molecule has 0 radical (unpaired) electrons. The van der Waals surface area contributed by atoms with E-state index in [1.807, 2.05) is 0 Å². The predicted molar refractivity (Wildman–Crippen MR) is 107 cm³/mol. The molecule has 2 N–H and O–H groups in total. The second-order valence-electron chi connectivity index (χ2n) is 6.91. The van der Waals surface area contributed by atoms with Gasteiger partial charge in [-0.1, -0.05) is 25.1 Å². The van der Waals surface area contributed by atoms with E-state index >= 15 is 0 Å². The van der Waals surface area contributed by atoms with Crippen molar-refractivity contribution >= 4 is 17.3 Å². The number of aromatic nitrogens is 2. The molecule has 0 unspecified atom stereocenters. The molecule has 0 aliphatic carbocycles. The molecule has 2 aromatic carbocycles. The average molecular weight is 396 g/mol. The van der Waals surface area contributed by atoms with Crippen LogP contribution in [0.2, 0.25) is 0 Å². The molecule has 29 heavy (non-hydrogen) atoms. The molecule has 0 aliphatic rings. The number of hydrogen-bond donors (Lipinski definition) is 2. The number of hydrogen-bond acceptors (Lipinski definition) is 7. The van der Waals surface area contributed by atoms with Gasteiger partial charge in [-0.15, -0.1) is 0 Å². The predicted octanol–water partition coefficient (Wildman–Crippen LogP) is 4.47. The minimum Gasteiger partial charge on any atom is -0.478 e. The van der Waals surface area contributed by atoms with Crippen LogP contribution in [-0.4, -0.2) is 32.7 Å². The first-order valence-corrected chi connectivity index (χ1v) is 9.05. The number of nitrogens with one attached hydrogen (secondary N) is 1. The monoisotopic (exact) mass is 396 g/mol. The molecule has 3 rings (SSSR count). The minimum absolute atomic E-state index is 0.0783. The molecule has 0 atom stereocenters. The highest BCUT2D eigenvalue weighted by atomic mass is 16.6. The van der Waals surface area contributed by atoms with E-state index in [9.17, 15) is 14.9 Å². The third-order valence-corrected chi connectivity index (χ3v) is 4.27. The van der Waals surface area contributed by atoms with Crippen molar-refractivity contribution in [2.45, 2.75) is 20.3 Å². The second-order valence-corrected chi connectivity index (χ2v) is 6.91. The maximum absolute atomic E-state index is 11.5. The summed E-state index contributed by atoms with van der Waals surface area (Å²) in [5.41, 5.74) is 1.32. The van der Waals surface area contributed by atoms with Crippen LogP contribution in [0.3, 0.4) is 0 Å². The zero-order valence-corrected chi connectivity index (χ0v) is 16.0. The normalized spacial score (nSPS) is 10.9. The number of nitro groups is 1. The van der Waals surface area contributed by atoms with E-state index in [4.69, 9.17) is 9.63 Å². The van der Waals surface area contributed by atoms with Gasteiger partial charge in [-0.3, -0.25) is 10.1 Å². The number of nitrogens with zero attached hydrogens (tertiary/aromatic N) is 3. The van der Waals surface area contributed by atoms with E-state index < -0.39 is 10.9 Å². The van der Waals surface area contributed by atoms with Crippen molar-refractivity contribution in [1.82, 2.24) is 10.1 Å². The standard InChI is InChI=1S/C20H20N4O5/c1-12(2)8-9-21-16-7-6-13(11-17(16)24(27)28)18-22-19(29-23-18)14-4-3-5-15(10-14)20(25)26/h3-7,10-12,21H,8-9H2,1-2H3,(H,25,26). The third-order valence-electron chi connectivity index (χ3n) is 4.27. The average Bonchev–Trinajstić information content (AvgIpc) is 3.18. The quantitative estimate of drug-likeness (QED) is 0.421. The maximum atomic E-state index is 11.5. The second kappa shape index (κ2) is 8.51. The summed E-state index contributed by atoms with van der Waals surface area (Å²) in [6.07, 6.45) is 0.891. The highest BCUT2D eigenvalue weighted by Crippen LogP contribution is 2.31. The van der Waals surface area contributed by atoms with Crippen molar-refractivity contribution in [3.8, 4) is 22.8 Å². The first kappa shape index (κ1) is 20.0. The Bertz CT molecular complexity index is 1040. The molecule has 1 heterocycles. The van der Waals surface area contributed by atoms with E-state index in [2.05, 4.69) is 29.3 Å². The van der Waals surface area contributed by atoms with Crippen molar-refractivity contribution in [3.63, 3.8) is 0 Å². The number of aromatic carboxylic acids is 1. The van der Waals surface area contributed by atoms with E-state index in [0.717, 1.165) is 6.42 Å². The Kier molecular flexibility index (Phi) is 5.87. The summed E-state index contributed by atoms with van der Waals surface area (Å²) in [5.74, 6) is -0.275. The Morgan fingerprint density at radius 1 is 1.24 bits per heavy atom. The molecule has 9 nitrogen and oxygen atoms in total. The Balaban J connectivity index is 1.88. The molecule has 0 fully saturated rings. The number of carboxylic acid groups (broad SMARTS) is 1. The van der Waals surface area contributed by atoms with E-state index in [-0.39, 0.29) is 23.0 Å². The molecule has 0 aliphatic heterocycles. The fourth-order valence-electron chi connectivity index (χ4n) is 2.71. The van der Waals surface area contributed by atoms with E-state index in [1.54, 1.807) is 24.3 Å². The minimum atomic E-state index is -1.07. The van der Waals surface area contributed by atoms with Crippen LogP contribution in [0.25, 0.3) is 22.8 Å². The number of nitro benzene ring substituents is 1. The van der Waals surface area contributed by atoms with Gasteiger partial charge in [0.05, 0.1) is 10.5 Å². The van der Waals surface area contributed by atoms with Gasteiger partial charge in [0.15, 0.2) is 0 Å². The lowest BCUT2D eigenvalue weighted by molar-refractivity contribution is -0.383. The molecule has 0 saturated carbocycles. The summed E-state index contributed by atoms with van der Waals surface area (Å²) in [7, 11) is 0. The molecular weight excluding hydrogens is 376 g/mol. The van der Waals surface area contributed by atoms with Gasteiger partial charge >= 0.3 is 5.97 Å². The van der Waals surface area contributed by atoms with Crippen LogP contribution in [-0.2, 0) is 0 Å². The van der Waals surface area contributed by atoms with Crippen LogP contribution in [0.5, 0.6) is 0 Å². The highest BCUT2D eigenvalue weighted by Gasteiger charge is 2.18. The van der Waals surface area contributed by atoms with Gasteiger partial charge in [0.1, 0.15) is 5.69 Å². The lowest BCUT2D eigenvalue weighted by Gasteiger charge is -2.09. The van der Waals surface area contributed by atoms with Gasteiger partial charge in [-0.2, -0.15) is 4.98 Å². The number of benzene rings is 2. The fourth-order valence-corrected chi connectivity index (χ4v) is 2.71. The van der Waals surface area contributed by atoms with Crippen molar-refractivity contribution < 1.29 is 19.3 Å². The van der Waals surface area contributed by atoms with Crippen LogP contribution in [0.4, 0.5) is 11.4 Å². The molecule has 0 spiro atoms. The Morgan fingerprint density at radius 2 is 2.03 bits per heavy atom. The van der Waals surface area contributed by atoms with Gasteiger partial charge in [0.25, 0.3) is 11.6 Å². The zero-order chi connectivity index (χ0) is 21.0. The van der Waals surface area contributed by atoms with Gasteiger partial charge in [0.2, 0.25) is 5.82 Å². The van der Waals surface area contributed by atoms with Gasteiger partial charge in [-0.05, 0) is 42.7 Å². The first-order chi connectivity index (χ1) is 13.8. The van der Waals surface area contributed by atoms with E-state index in [1.165, 1.54) is 18.2 Å². The number of rotatable bonds is 8. The molecule has 1 aromatic heterocycles. The molecule has 9 heteroatoms. The van der Waals surface area contributed by atoms with Gasteiger partial charge < -0.3 is 14.9 Å². The first-order valence-electron chi connectivity index (χ1n) is 9.05. The molecule has 150 valence electrons. The lowest BCUT2D eigenvalue weighted by atomic mass is 10.1. The summed E-state index contributed by atoms with van der Waals surface area (Å²) in [5, 5.41) is 27.5. The smallest absolute Gasteiger partial charge is 0.335 e. The maximum Gasteiger partial charge on any atom is 0.335 e. The fraction of sp³-hybridized carbons (Fsp3) is 0.250. The van der Waals surface area contributed by atoms with Gasteiger partial charge in [-0.25, -0.2) is 4.79 Å². The van der Waals surface area contributed by atoms with Crippen LogP contribution in [0, 0.1) is 16.0 Å². The number of carbonyl (C=O) groups is 1. The topological polar surface area (TPSA) is 131 Å². The lowest BCUT2D eigenvalue weighted by Crippen LogP contribution is -2.06. The van der Waals surface area contributed by atoms with Crippen molar-refractivity contribution in [2.24, 2.45) is 5.92 Å². The Labute approximate surface area is 166 Å². The van der Waals surface area contributed by atoms with Gasteiger partial charge in [0, 0.05) is 23.7 Å². The number of carboxylic acids is 1. The Hall–Kier alpha value is -3.75. The van der Waals surface area contributed by atoms with Crippen molar-refractivity contribution in [1.29, 1.82) is 0 Å². The third kappa shape index (κ3) is 4.75. The molecule has 3 aromatic rings. The van der Waals surface area contributed by atoms with Crippen molar-refractivity contribution in [2.75, 3.05) is 11.9 Å². The summed E-state index contributed by atoms with van der Waals surface area (Å²) in [6, 6.07) is 10.8. The number of anilines is 1. The summed E-state index contributed by atoms with van der Waals surface area (Å²) in [4.78, 5) is 26.4. The zero-order valence-electron chi connectivity index (χ0n) is 16.0. The molecule has 0 saturated heterocycles. The summed E-state index contributed by atoms with van der Waals surface area (Å²) >= 11 is 0.